The minimum Gasteiger partial charge on any atom is -0.476 e. The first-order valence-corrected chi connectivity index (χ1v) is 8.52. The maximum atomic E-state index is 12.2. The molecule has 1 amide bonds. The molecule has 0 spiro atoms. The van der Waals surface area contributed by atoms with Gasteiger partial charge in [-0.25, -0.2) is 14.6 Å². The first-order valence-electron chi connectivity index (χ1n) is 7.64. The molecular weight excluding hydrogens is 316 g/mol. The van der Waals surface area contributed by atoms with Crippen molar-refractivity contribution in [2.24, 2.45) is 5.92 Å². The smallest absolute Gasteiger partial charge is 0.410 e. The predicted octanol–water partition coefficient (Wildman–Crippen LogP) is 3.67. The molecule has 6 nitrogen and oxygen atoms in total. The fourth-order valence-electron chi connectivity index (χ4n) is 2.24. The number of aryl methyl sites for hydroxylation is 1. The van der Waals surface area contributed by atoms with Crippen molar-refractivity contribution in [3.05, 3.63) is 16.1 Å². The van der Waals surface area contributed by atoms with Crippen molar-refractivity contribution < 1.29 is 19.4 Å². The van der Waals surface area contributed by atoms with Crippen LogP contribution in [0.15, 0.2) is 5.38 Å². The van der Waals surface area contributed by atoms with Gasteiger partial charge in [-0.05, 0) is 33.1 Å². The summed E-state index contributed by atoms with van der Waals surface area (Å²) >= 11 is 1.34. The Balaban J connectivity index is 2.70. The average molecular weight is 342 g/mol. The number of nitrogens with zero attached hydrogens (tertiary/aromatic N) is 2. The second-order valence-corrected chi connectivity index (χ2v) is 7.82. The van der Waals surface area contributed by atoms with E-state index in [1.807, 2.05) is 20.8 Å². The summed E-state index contributed by atoms with van der Waals surface area (Å²) in [5.74, 6) is -0.759. The molecular formula is C16H26N2O4S. The SMILES string of the molecule is CC(C)[C@@H](CCc1nc(C(=O)O)cs1)N(C)C(=O)OC(C)(C)C. The van der Waals surface area contributed by atoms with E-state index in [2.05, 4.69) is 18.8 Å². The molecule has 0 unspecified atom stereocenters. The standard InChI is InChI=1S/C16H26N2O4S/c1-10(2)12(18(6)15(21)22-16(3,4)5)7-8-13-17-11(9-23-13)14(19)20/h9-10,12H,7-8H2,1-6H3,(H,19,20)/t12-/m1/s1. The molecule has 1 N–H and O–H groups in total. The Morgan fingerprint density at radius 1 is 1.39 bits per heavy atom. The maximum Gasteiger partial charge on any atom is 0.410 e. The van der Waals surface area contributed by atoms with Gasteiger partial charge in [-0.1, -0.05) is 13.8 Å². The monoisotopic (exact) mass is 342 g/mol. The molecule has 7 heteroatoms. The van der Waals surface area contributed by atoms with Crippen molar-refractivity contribution in [2.45, 2.75) is 59.1 Å². The molecule has 0 bridgehead atoms. The predicted molar refractivity (Wildman–Crippen MR) is 90.0 cm³/mol. The zero-order valence-corrected chi connectivity index (χ0v) is 15.4. The number of hydrogen-bond donors (Lipinski definition) is 1. The summed E-state index contributed by atoms with van der Waals surface area (Å²) in [4.78, 5) is 28.8. The van der Waals surface area contributed by atoms with Gasteiger partial charge in [0.15, 0.2) is 5.69 Å². The lowest BCUT2D eigenvalue weighted by atomic mass is 9.98. The van der Waals surface area contributed by atoms with E-state index < -0.39 is 11.6 Å². The summed E-state index contributed by atoms with van der Waals surface area (Å²) in [5.41, 5.74) is -0.454. The summed E-state index contributed by atoms with van der Waals surface area (Å²) in [6.07, 6.45) is 0.995. The average Bonchev–Trinajstić information content (AvgIpc) is 2.85. The Morgan fingerprint density at radius 2 is 2.00 bits per heavy atom. The lowest BCUT2D eigenvalue weighted by molar-refractivity contribution is 0.0170. The summed E-state index contributed by atoms with van der Waals surface area (Å²) in [7, 11) is 1.74. The molecule has 1 aromatic rings. The Bertz CT molecular complexity index is 549. The highest BCUT2D eigenvalue weighted by Gasteiger charge is 2.27. The van der Waals surface area contributed by atoms with Crippen LogP contribution in [0.5, 0.6) is 0 Å². The van der Waals surface area contributed by atoms with E-state index in [-0.39, 0.29) is 23.7 Å². The third kappa shape index (κ3) is 6.17. The Morgan fingerprint density at radius 3 is 2.43 bits per heavy atom. The molecule has 130 valence electrons. The second-order valence-electron chi connectivity index (χ2n) is 6.87. The number of hydrogen-bond acceptors (Lipinski definition) is 5. The van der Waals surface area contributed by atoms with Gasteiger partial charge in [0, 0.05) is 24.9 Å². The van der Waals surface area contributed by atoms with E-state index >= 15 is 0 Å². The normalized spacial score (nSPS) is 13.0. The van der Waals surface area contributed by atoms with E-state index in [0.29, 0.717) is 12.8 Å². The molecule has 0 aliphatic rings. The number of carbonyl (C=O) groups excluding carboxylic acids is 1. The number of ether oxygens (including phenoxy) is 1. The van der Waals surface area contributed by atoms with Crippen molar-refractivity contribution in [1.82, 2.24) is 9.88 Å². The summed E-state index contributed by atoms with van der Waals surface area (Å²) < 4.78 is 5.41. The van der Waals surface area contributed by atoms with E-state index in [0.717, 1.165) is 5.01 Å². The molecule has 0 saturated carbocycles. The van der Waals surface area contributed by atoms with Gasteiger partial charge >= 0.3 is 12.1 Å². The topological polar surface area (TPSA) is 79.7 Å². The molecule has 1 heterocycles. The number of carboxylic acids is 1. The zero-order chi connectivity index (χ0) is 17.8. The van der Waals surface area contributed by atoms with Crippen LogP contribution in [0.4, 0.5) is 4.79 Å². The zero-order valence-electron chi connectivity index (χ0n) is 14.6. The number of carbonyl (C=O) groups is 2. The molecule has 23 heavy (non-hydrogen) atoms. The van der Waals surface area contributed by atoms with Crippen LogP contribution >= 0.6 is 11.3 Å². The molecule has 1 atom stereocenters. The summed E-state index contributed by atoms with van der Waals surface area (Å²) in [5, 5.41) is 11.2. The fraction of sp³-hybridized carbons (Fsp3) is 0.688. The molecule has 0 aromatic carbocycles. The van der Waals surface area contributed by atoms with Crippen LogP contribution in [0.25, 0.3) is 0 Å². The van der Waals surface area contributed by atoms with E-state index in [1.54, 1.807) is 17.3 Å². The molecule has 0 aliphatic carbocycles. The Hall–Kier alpha value is -1.63. The van der Waals surface area contributed by atoms with E-state index in [9.17, 15) is 9.59 Å². The Labute approximate surface area is 141 Å². The van der Waals surface area contributed by atoms with E-state index in [1.165, 1.54) is 11.3 Å². The van der Waals surface area contributed by atoms with Crippen molar-refractivity contribution in [2.75, 3.05) is 7.05 Å². The minimum atomic E-state index is -1.02. The lowest BCUT2D eigenvalue weighted by Gasteiger charge is -2.33. The van der Waals surface area contributed by atoms with Gasteiger partial charge in [0.25, 0.3) is 0 Å². The first kappa shape index (κ1) is 19.4. The van der Waals surface area contributed by atoms with Gasteiger partial charge in [0.05, 0.1) is 5.01 Å². The van der Waals surface area contributed by atoms with Crippen LogP contribution < -0.4 is 0 Å². The number of carboxylic acid groups (broad SMARTS) is 1. The third-order valence-corrected chi connectivity index (χ3v) is 4.28. The van der Waals surface area contributed by atoms with Crippen LogP contribution in [-0.2, 0) is 11.2 Å². The molecule has 0 aliphatic heterocycles. The minimum absolute atomic E-state index is 0.00188. The highest BCUT2D eigenvalue weighted by atomic mass is 32.1. The number of aromatic nitrogens is 1. The van der Waals surface area contributed by atoms with E-state index in [4.69, 9.17) is 9.84 Å². The molecule has 0 fully saturated rings. The number of rotatable bonds is 6. The molecule has 0 radical (unpaired) electrons. The number of thiazole rings is 1. The lowest BCUT2D eigenvalue weighted by Crippen LogP contribution is -2.43. The van der Waals surface area contributed by atoms with Crippen molar-refractivity contribution in [1.29, 1.82) is 0 Å². The highest BCUT2D eigenvalue weighted by Crippen LogP contribution is 2.20. The largest absolute Gasteiger partial charge is 0.476 e. The quantitative estimate of drug-likeness (QED) is 0.853. The molecule has 0 saturated heterocycles. The van der Waals surface area contributed by atoms with Crippen molar-refractivity contribution in [3.63, 3.8) is 0 Å². The van der Waals surface area contributed by atoms with Crippen LogP contribution in [-0.4, -0.2) is 45.7 Å². The fourth-order valence-corrected chi connectivity index (χ4v) is 3.03. The second kappa shape index (κ2) is 7.77. The summed E-state index contributed by atoms with van der Waals surface area (Å²) in [6.45, 7) is 9.62. The van der Waals surface area contributed by atoms with Crippen LogP contribution in [0.3, 0.4) is 0 Å². The van der Waals surface area contributed by atoms with Crippen LogP contribution in [0.1, 0.15) is 56.5 Å². The number of aromatic carboxylic acids is 1. The molecule has 1 aromatic heterocycles. The van der Waals surface area contributed by atoms with Gasteiger partial charge in [-0.3, -0.25) is 0 Å². The van der Waals surface area contributed by atoms with Gasteiger partial charge in [-0.15, -0.1) is 11.3 Å². The third-order valence-electron chi connectivity index (χ3n) is 3.37. The molecule has 1 rings (SSSR count). The van der Waals surface area contributed by atoms with Crippen molar-refractivity contribution in [3.8, 4) is 0 Å². The first-order chi connectivity index (χ1) is 10.5. The van der Waals surface area contributed by atoms with Gasteiger partial charge < -0.3 is 14.7 Å². The van der Waals surface area contributed by atoms with Crippen LogP contribution in [0.2, 0.25) is 0 Å². The maximum absolute atomic E-state index is 12.2. The van der Waals surface area contributed by atoms with Gasteiger partial charge in [-0.2, -0.15) is 0 Å². The number of amides is 1. The van der Waals surface area contributed by atoms with Crippen LogP contribution in [0, 0.1) is 5.92 Å². The van der Waals surface area contributed by atoms with Crippen molar-refractivity contribution >= 4 is 23.4 Å². The highest BCUT2D eigenvalue weighted by molar-refractivity contribution is 7.09. The van der Waals surface area contributed by atoms with Gasteiger partial charge in [0.2, 0.25) is 0 Å². The van der Waals surface area contributed by atoms with Gasteiger partial charge in [0.1, 0.15) is 5.60 Å². The Kier molecular flexibility index (Phi) is 6.56. The summed E-state index contributed by atoms with van der Waals surface area (Å²) in [6, 6.07) is 0.00188.